The predicted molar refractivity (Wildman–Crippen MR) is 152 cm³/mol. The minimum absolute atomic E-state index is 0.00118. The van der Waals surface area contributed by atoms with Crippen LogP contribution in [0.5, 0.6) is 5.88 Å². The number of halogens is 3. The van der Waals surface area contributed by atoms with Crippen molar-refractivity contribution in [3.63, 3.8) is 0 Å². The van der Waals surface area contributed by atoms with Crippen LogP contribution < -0.4 is 4.74 Å². The van der Waals surface area contributed by atoms with Crippen molar-refractivity contribution in [1.82, 2.24) is 23.9 Å². The summed E-state index contributed by atoms with van der Waals surface area (Å²) in [6, 6.07) is 9.82. The molecule has 1 aliphatic carbocycles. The van der Waals surface area contributed by atoms with Crippen molar-refractivity contribution in [3.05, 3.63) is 82.4 Å². The Hall–Kier alpha value is -4.04. The third-order valence-corrected chi connectivity index (χ3v) is 10.5. The summed E-state index contributed by atoms with van der Waals surface area (Å²) in [5, 5.41) is 17.4. The number of aryl methyl sites for hydroxylation is 2. The molecule has 44 heavy (non-hydrogen) atoms. The standard InChI is InChI=1S/C30H30F3N5O5S/c1-17-7-8-19(14-20(17)15-37-16-29(10-11-29)43-25-22(44(37,41)42)6-5-12-34-25)23(28(3,4)27(39)40)21-9-13-38-24(18(21)2)35-36-26(38)30(31,32)33/h5-9,12-14,23H,10-11,15-16H2,1-4H3,(H,39,40)/t23-/m1/s1. The van der Waals surface area contributed by atoms with Gasteiger partial charge in [0.1, 0.15) is 10.5 Å². The molecule has 14 heteroatoms. The number of pyridine rings is 2. The zero-order valence-corrected chi connectivity index (χ0v) is 25.2. The van der Waals surface area contributed by atoms with Gasteiger partial charge in [0.05, 0.1) is 12.0 Å². The lowest BCUT2D eigenvalue weighted by molar-refractivity contribution is -0.147. The summed E-state index contributed by atoms with van der Waals surface area (Å²) in [6.45, 7) is 6.65. The summed E-state index contributed by atoms with van der Waals surface area (Å²) in [5.41, 5.74) is 0.702. The van der Waals surface area contributed by atoms with Gasteiger partial charge in [-0.1, -0.05) is 18.2 Å². The van der Waals surface area contributed by atoms with Crippen molar-refractivity contribution in [1.29, 1.82) is 0 Å². The van der Waals surface area contributed by atoms with Gasteiger partial charge in [0, 0.05) is 24.9 Å². The number of hydrogen-bond acceptors (Lipinski definition) is 7. The van der Waals surface area contributed by atoms with Gasteiger partial charge in [-0.3, -0.25) is 9.20 Å². The topological polar surface area (TPSA) is 127 Å². The summed E-state index contributed by atoms with van der Waals surface area (Å²) < 4.78 is 76.5. The minimum Gasteiger partial charge on any atom is -0.481 e. The number of hydrogen-bond donors (Lipinski definition) is 1. The first-order valence-corrected chi connectivity index (χ1v) is 15.4. The molecule has 1 fully saturated rings. The Morgan fingerprint density at radius 1 is 1.14 bits per heavy atom. The van der Waals surface area contributed by atoms with E-state index in [2.05, 4.69) is 15.2 Å². The number of nitrogens with zero attached hydrogens (tertiary/aromatic N) is 5. The fourth-order valence-corrected chi connectivity index (χ4v) is 7.47. The number of aliphatic carboxylic acids is 1. The normalized spacial score (nSPS) is 18.4. The number of carboxylic acids is 1. The van der Waals surface area contributed by atoms with Crippen molar-refractivity contribution in [2.45, 2.75) is 69.7 Å². The van der Waals surface area contributed by atoms with Gasteiger partial charge in [-0.25, -0.2) is 13.4 Å². The van der Waals surface area contributed by atoms with Crippen LogP contribution in [0.2, 0.25) is 0 Å². The van der Waals surface area contributed by atoms with Crippen LogP contribution in [0.4, 0.5) is 13.2 Å². The summed E-state index contributed by atoms with van der Waals surface area (Å²) in [4.78, 5) is 16.8. The fraction of sp³-hybridized carbons (Fsp3) is 0.400. The SMILES string of the molecule is Cc1ccc([C@H](c2ccn3c(C(F)(F)F)nnc3c2C)C(C)(C)C(=O)O)cc1CN1CC2(CC2)Oc2ncccc2S1(=O)=O. The first kappa shape index (κ1) is 30.0. The number of carbonyl (C=O) groups is 1. The third-order valence-electron chi connectivity index (χ3n) is 8.70. The van der Waals surface area contributed by atoms with Crippen molar-refractivity contribution in [3.8, 4) is 5.88 Å². The monoisotopic (exact) mass is 629 g/mol. The zero-order chi connectivity index (χ0) is 31.8. The molecular weight excluding hydrogens is 599 g/mol. The average molecular weight is 630 g/mol. The van der Waals surface area contributed by atoms with Crippen LogP contribution in [0.15, 0.2) is 53.7 Å². The molecule has 1 aromatic carbocycles. The molecule has 1 saturated carbocycles. The Labute approximate surface area is 251 Å². The van der Waals surface area contributed by atoms with Gasteiger partial charge >= 0.3 is 12.1 Å². The third kappa shape index (κ3) is 4.89. The van der Waals surface area contributed by atoms with Crippen LogP contribution in [-0.4, -0.2) is 55.5 Å². The average Bonchev–Trinajstić information content (AvgIpc) is 3.55. The smallest absolute Gasteiger partial charge is 0.452 e. The van der Waals surface area contributed by atoms with Crippen LogP contribution in [0.3, 0.4) is 0 Å². The number of carboxylic acid groups (broad SMARTS) is 1. The number of ether oxygens (including phenoxy) is 1. The first-order valence-electron chi connectivity index (χ1n) is 13.9. The Balaban J connectivity index is 1.45. The first-order chi connectivity index (χ1) is 20.5. The molecule has 2 aliphatic rings. The van der Waals surface area contributed by atoms with Gasteiger partial charge in [0.2, 0.25) is 21.7 Å². The molecule has 0 unspecified atom stereocenters. The van der Waals surface area contributed by atoms with E-state index in [0.717, 1.165) is 9.96 Å². The van der Waals surface area contributed by atoms with Gasteiger partial charge < -0.3 is 9.84 Å². The van der Waals surface area contributed by atoms with Gasteiger partial charge in [0.15, 0.2) is 5.65 Å². The quantitative estimate of drug-likeness (QED) is 0.312. The van der Waals surface area contributed by atoms with E-state index in [0.29, 0.717) is 35.1 Å². The molecule has 1 atom stereocenters. The highest BCUT2D eigenvalue weighted by Crippen LogP contribution is 2.47. The Kier molecular flexibility index (Phi) is 6.81. The lowest BCUT2D eigenvalue weighted by Crippen LogP contribution is -2.38. The van der Waals surface area contributed by atoms with Crippen LogP contribution in [-0.2, 0) is 27.5 Å². The molecule has 0 radical (unpaired) electrons. The highest BCUT2D eigenvalue weighted by molar-refractivity contribution is 7.89. The van der Waals surface area contributed by atoms with Crippen molar-refractivity contribution >= 4 is 21.6 Å². The lowest BCUT2D eigenvalue weighted by Gasteiger charge is -2.33. The number of fused-ring (bicyclic) bond motifs is 2. The van der Waals surface area contributed by atoms with E-state index in [1.807, 2.05) is 6.92 Å². The maximum absolute atomic E-state index is 13.8. The predicted octanol–water partition coefficient (Wildman–Crippen LogP) is 5.12. The summed E-state index contributed by atoms with van der Waals surface area (Å²) in [6.07, 6.45) is -0.675. The number of sulfonamides is 1. The van der Waals surface area contributed by atoms with E-state index in [9.17, 15) is 31.5 Å². The highest BCUT2D eigenvalue weighted by Gasteiger charge is 2.52. The molecule has 1 N–H and O–H groups in total. The van der Waals surface area contributed by atoms with Crippen LogP contribution >= 0.6 is 0 Å². The number of benzene rings is 1. The Bertz CT molecular complexity index is 1920. The van der Waals surface area contributed by atoms with Gasteiger partial charge in [-0.15, -0.1) is 10.2 Å². The summed E-state index contributed by atoms with van der Waals surface area (Å²) in [5.74, 6) is -3.05. The van der Waals surface area contributed by atoms with Crippen LogP contribution in [0, 0.1) is 19.3 Å². The second kappa shape index (κ2) is 9.99. The molecule has 0 bridgehead atoms. The van der Waals surface area contributed by atoms with Gasteiger partial charge in [-0.2, -0.15) is 17.5 Å². The van der Waals surface area contributed by atoms with E-state index >= 15 is 0 Å². The van der Waals surface area contributed by atoms with E-state index in [1.54, 1.807) is 45.0 Å². The largest absolute Gasteiger partial charge is 0.481 e. The Morgan fingerprint density at radius 3 is 2.52 bits per heavy atom. The van der Waals surface area contributed by atoms with Crippen molar-refractivity contribution < 1.29 is 36.2 Å². The van der Waals surface area contributed by atoms with Crippen LogP contribution in [0.1, 0.15) is 66.2 Å². The molecule has 6 rings (SSSR count). The molecule has 232 valence electrons. The number of alkyl halides is 3. The summed E-state index contributed by atoms with van der Waals surface area (Å²) >= 11 is 0. The highest BCUT2D eigenvalue weighted by atomic mass is 32.2. The zero-order valence-electron chi connectivity index (χ0n) is 24.4. The Morgan fingerprint density at radius 2 is 1.86 bits per heavy atom. The van der Waals surface area contributed by atoms with E-state index < -0.39 is 44.9 Å². The number of aromatic nitrogens is 4. The van der Waals surface area contributed by atoms with Gasteiger partial charge in [0.25, 0.3) is 0 Å². The molecule has 1 spiro atoms. The lowest BCUT2D eigenvalue weighted by atomic mass is 9.70. The van der Waals surface area contributed by atoms with Gasteiger partial charge in [-0.05, 0) is 86.6 Å². The van der Waals surface area contributed by atoms with Crippen LogP contribution in [0.25, 0.3) is 5.65 Å². The molecule has 10 nitrogen and oxygen atoms in total. The molecule has 4 aromatic rings. The second-order valence-electron chi connectivity index (χ2n) is 12.1. The van der Waals surface area contributed by atoms with E-state index in [4.69, 9.17) is 4.74 Å². The molecule has 4 heterocycles. The number of rotatable bonds is 6. The molecule has 1 aliphatic heterocycles. The maximum atomic E-state index is 13.8. The molecule has 0 saturated heterocycles. The molecular formula is C30H30F3N5O5S. The maximum Gasteiger partial charge on any atom is 0.452 e. The minimum atomic E-state index is -4.73. The second-order valence-corrected chi connectivity index (χ2v) is 14.0. The van der Waals surface area contributed by atoms with E-state index in [1.165, 1.54) is 28.8 Å². The van der Waals surface area contributed by atoms with Crippen molar-refractivity contribution in [2.24, 2.45) is 5.41 Å². The fourth-order valence-electron chi connectivity index (χ4n) is 5.92. The van der Waals surface area contributed by atoms with Crippen molar-refractivity contribution in [2.75, 3.05) is 6.54 Å². The molecule has 0 amide bonds. The van der Waals surface area contributed by atoms with E-state index in [-0.39, 0.29) is 29.5 Å². The molecule has 3 aromatic heterocycles. The summed E-state index contributed by atoms with van der Waals surface area (Å²) in [7, 11) is -3.99.